The van der Waals surface area contributed by atoms with Crippen LogP contribution in [0.25, 0.3) is 0 Å². The molecular weight excluding hydrogens is 307 g/mol. The van der Waals surface area contributed by atoms with Gasteiger partial charge in [0.05, 0.1) is 10.7 Å². The fraction of sp³-hybridized carbons (Fsp3) is 0.500. The standard InChI is InChI=1S/C12H16Cl2N2O2S/c1-12(4-2-3-5-12)16-19(17,18)11-9(14)6-8(13)7-10(11)15/h6-7,16H,2-5,15H2,1H3. The predicted molar refractivity (Wildman–Crippen MR) is 78.1 cm³/mol. The van der Waals surface area contributed by atoms with Crippen LogP contribution in [0.15, 0.2) is 17.0 Å². The van der Waals surface area contributed by atoms with Gasteiger partial charge >= 0.3 is 0 Å². The van der Waals surface area contributed by atoms with Crippen molar-refractivity contribution in [1.82, 2.24) is 4.72 Å². The number of hydrogen-bond donors (Lipinski definition) is 2. The van der Waals surface area contributed by atoms with Crippen LogP contribution >= 0.6 is 23.2 Å². The van der Waals surface area contributed by atoms with E-state index in [1.807, 2.05) is 6.92 Å². The summed E-state index contributed by atoms with van der Waals surface area (Å²) in [5.41, 5.74) is 5.38. The van der Waals surface area contributed by atoms with Gasteiger partial charge in [-0.05, 0) is 31.9 Å². The van der Waals surface area contributed by atoms with Crippen LogP contribution in [0.5, 0.6) is 0 Å². The van der Waals surface area contributed by atoms with Gasteiger partial charge in [0.25, 0.3) is 0 Å². The molecule has 0 heterocycles. The lowest BCUT2D eigenvalue weighted by Gasteiger charge is -2.25. The summed E-state index contributed by atoms with van der Waals surface area (Å²) < 4.78 is 27.6. The molecule has 0 radical (unpaired) electrons. The largest absolute Gasteiger partial charge is 0.398 e. The first-order chi connectivity index (χ1) is 8.73. The van der Waals surface area contributed by atoms with Gasteiger partial charge in [0, 0.05) is 10.6 Å². The predicted octanol–water partition coefficient (Wildman–Crippen LogP) is 3.19. The van der Waals surface area contributed by atoms with Crippen molar-refractivity contribution < 1.29 is 8.42 Å². The topological polar surface area (TPSA) is 72.2 Å². The second-order valence-electron chi connectivity index (χ2n) is 5.18. The van der Waals surface area contributed by atoms with E-state index in [9.17, 15) is 8.42 Å². The summed E-state index contributed by atoms with van der Waals surface area (Å²) in [4.78, 5) is -0.0910. The van der Waals surface area contributed by atoms with Crippen LogP contribution in [0.2, 0.25) is 10.0 Å². The van der Waals surface area contributed by atoms with E-state index in [0.29, 0.717) is 5.02 Å². The third-order valence-electron chi connectivity index (χ3n) is 3.39. The molecule has 7 heteroatoms. The van der Waals surface area contributed by atoms with Crippen LogP contribution in [0.4, 0.5) is 5.69 Å². The molecule has 1 fully saturated rings. The molecule has 2 rings (SSSR count). The molecule has 1 aliphatic rings. The summed E-state index contributed by atoms with van der Waals surface area (Å²) >= 11 is 11.8. The van der Waals surface area contributed by atoms with Gasteiger partial charge in [-0.1, -0.05) is 36.0 Å². The molecule has 19 heavy (non-hydrogen) atoms. The number of hydrogen-bond acceptors (Lipinski definition) is 3. The van der Waals surface area contributed by atoms with Gasteiger partial charge < -0.3 is 5.73 Å². The molecule has 1 aromatic carbocycles. The van der Waals surface area contributed by atoms with E-state index in [1.165, 1.54) is 12.1 Å². The minimum Gasteiger partial charge on any atom is -0.398 e. The number of nitrogens with two attached hydrogens (primary N) is 1. The van der Waals surface area contributed by atoms with Crippen molar-refractivity contribution in [3.63, 3.8) is 0 Å². The van der Waals surface area contributed by atoms with Crippen LogP contribution in [-0.4, -0.2) is 14.0 Å². The van der Waals surface area contributed by atoms with Gasteiger partial charge in [0.15, 0.2) is 0 Å². The first kappa shape index (κ1) is 14.9. The minimum absolute atomic E-state index is 0.0408. The fourth-order valence-corrected chi connectivity index (χ4v) is 4.95. The number of rotatable bonds is 3. The van der Waals surface area contributed by atoms with Crippen molar-refractivity contribution in [1.29, 1.82) is 0 Å². The lowest BCUT2D eigenvalue weighted by atomic mass is 10.0. The SMILES string of the molecule is CC1(NS(=O)(=O)c2c(N)cc(Cl)cc2Cl)CCCC1. The Labute approximate surface area is 123 Å². The van der Waals surface area contributed by atoms with E-state index >= 15 is 0 Å². The van der Waals surface area contributed by atoms with Crippen molar-refractivity contribution >= 4 is 38.9 Å². The number of sulfonamides is 1. The molecule has 106 valence electrons. The van der Waals surface area contributed by atoms with Gasteiger partial charge in [-0.3, -0.25) is 0 Å². The first-order valence-electron chi connectivity index (χ1n) is 6.02. The van der Waals surface area contributed by atoms with Crippen LogP contribution < -0.4 is 10.5 Å². The van der Waals surface area contributed by atoms with Crippen LogP contribution in [0.1, 0.15) is 32.6 Å². The van der Waals surface area contributed by atoms with E-state index in [-0.39, 0.29) is 15.6 Å². The average Bonchev–Trinajstić information content (AvgIpc) is 2.60. The Bertz CT molecular complexity index is 573. The van der Waals surface area contributed by atoms with E-state index < -0.39 is 15.6 Å². The zero-order valence-corrected chi connectivity index (χ0v) is 12.9. The second-order valence-corrected chi connectivity index (χ2v) is 7.64. The summed E-state index contributed by atoms with van der Waals surface area (Å²) in [5, 5.41) is 0.354. The number of halogens is 2. The maximum atomic E-state index is 12.4. The monoisotopic (exact) mass is 322 g/mol. The molecule has 1 aliphatic carbocycles. The van der Waals surface area contributed by atoms with Gasteiger partial charge in [-0.2, -0.15) is 0 Å². The lowest BCUT2D eigenvalue weighted by Crippen LogP contribution is -2.43. The molecule has 0 unspecified atom stereocenters. The number of benzene rings is 1. The highest BCUT2D eigenvalue weighted by atomic mass is 35.5. The molecule has 4 nitrogen and oxygen atoms in total. The zero-order chi connectivity index (χ0) is 14.3. The Hall–Kier alpha value is -0.490. The molecule has 1 aromatic rings. The maximum absolute atomic E-state index is 12.4. The van der Waals surface area contributed by atoms with Gasteiger partial charge in [-0.25, -0.2) is 13.1 Å². The van der Waals surface area contributed by atoms with Crippen LogP contribution in [0.3, 0.4) is 0 Å². The molecule has 3 N–H and O–H groups in total. The van der Waals surface area contributed by atoms with E-state index in [4.69, 9.17) is 28.9 Å². The Morgan fingerprint density at radius 2 is 1.84 bits per heavy atom. The van der Waals surface area contributed by atoms with Crippen molar-refractivity contribution in [3.8, 4) is 0 Å². The molecule has 0 saturated heterocycles. The van der Waals surface area contributed by atoms with E-state index in [0.717, 1.165) is 25.7 Å². The summed E-state index contributed by atoms with van der Waals surface area (Å²) in [5.74, 6) is 0. The van der Waals surface area contributed by atoms with Crippen molar-refractivity contribution in [2.24, 2.45) is 0 Å². The van der Waals surface area contributed by atoms with E-state index in [2.05, 4.69) is 4.72 Å². The lowest BCUT2D eigenvalue weighted by molar-refractivity contribution is 0.427. The van der Waals surface area contributed by atoms with Crippen molar-refractivity contribution in [2.75, 3.05) is 5.73 Å². The number of nitrogen functional groups attached to an aromatic ring is 1. The fourth-order valence-electron chi connectivity index (χ4n) is 2.50. The first-order valence-corrected chi connectivity index (χ1v) is 8.26. The van der Waals surface area contributed by atoms with E-state index in [1.54, 1.807) is 0 Å². The zero-order valence-electron chi connectivity index (χ0n) is 10.5. The van der Waals surface area contributed by atoms with Crippen molar-refractivity contribution in [3.05, 3.63) is 22.2 Å². The number of nitrogens with one attached hydrogen (secondary N) is 1. The molecule has 0 spiro atoms. The number of anilines is 1. The summed E-state index contributed by atoms with van der Waals surface area (Å²) in [6, 6.07) is 2.77. The smallest absolute Gasteiger partial charge is 0.244 e. The summed E-state index contributed by atoms with van der Waals surface area (Å²) in [6.07, 6.45) is 3.67. The summed E-state index contributed by atoms with van der Waals surface area (Å²) in [6.45, 7) is 1.90. The minimum atomic E-state index is -3.75. The summed E-state index contributed by atoms with van der Waals surface area (Å²) in [7, 11) is -3.75. The third-order valence-corrected chi connectivity index (χ3v) is 5.78. The molecule has 0 amide bonds. The molecule has 0 aliphatic heterocycles. The van der Waals surface area contributed by atoms with Gasteiger partial charge in [0.2, 0.25) is 10.0 Å². The van der Waals surface area contributed by atoms with Crippen LogP contribution in [-0.2, 0) is 10.0 Å². The molecule has 1 saturated carbocycles. The highest BCUT2D eigenvalue weighted by Crippen LogP contribution is 2.35. The molecule has 0 aromatic heterocycles. The molecule has 0 bridgehead atoms. The Balaban J connectivity index is 2.40. The van der Waals surface area contributed by atoms with Gasteiger partial charge in [-0.15, -0.1) is 0 Å². The maximum Gasteiger partial charge on any atom is 0.244 e. The Morgan fingerprint density at radius 1 is 1.26 bits per heavy atom. The highest BCUT2D eigenvalue weighted by Gasteiger charge is 2.35. The highest BCUT2D eigenvalue weighted by molar-refractivity contribution is 7.89. The Morgan fingerprint density at radius 3 is 2.37 bits per heavy atom. The second kappa shape index (κ2) is 5.13. The van der Waals surface area contributed by atoms with Crippen molar-refractivity contribution in [2.45, 2.75) is 43.0 Å². The molecular formula is C12H16Cl2N2O2S. The Kier molecular flexibility index (Phi) is 4.02. The van der Waals surface area contributed by atoms with Gasteiger partial charge in [0.1, 0.15) is 4.90 Å². The quantitative estimate of drug-likeness (QED) is 0.839. The normalized spacial score (nSPS) is 18.7. The average molecular weight is 323 g/mol. The molecule has 0 atom stereocenters. The van der Waals surface area contributed by atoms with Crippen LogP contribution in [0, 0.1) is 0 Å². The third kappa shape index (κ3) is 3.16.